The van der Waals surface area contributed by atoms with E-state index >= 15 is 0 Å². The first kappa shape index (κ1) is 14.6. The van der Waals surface area contributed by atoms with Gasteiger partial charge in [0.15, 0.2) is 11.5 Å². The lowest BCUT2D eigenvalue weighted by Gasteiger charge is -2.03. The third-order valence-corrected chi connectivity index (χ3v) is 4.71. The van der Waals surface area contributed by atoms with Crippen LogP contribution in [0, 0.1) is 0 Å². The summed E-state index contributed by atoms with van der Waals surface area (Å²) in [6, 6.07) is 13.8. The maximum atomic E-state index is 9.65. The maximum Gasteiger partial charge on any atom is 0.262 e. The first-order valence-corrected chi connectivity index (χ1v) is 8.01. The molecule has 0 unspecified atom stereocenters. The summed E-state index contributed by atoms with van der Waals surface area (Å²) in [7, 11) is 1.56. The highest BCUT2D eigenvalue weighted by Crippen LogP contribution is 2.27. The summed E-state index contributed by atoms with van der Waals surface area (Å²) in [5, 5.41) is 10.9. The van der Waals surface area contributed by atoms with E-state index in [-0.39, 0.29) is 5.75 Å². The van der Waals surface area contributed by atoms with E-state index in [9.17, 15) is 5.11 Å². The molecule has 0 bridgehead atoms. The Labute approximate surface area is 133 Å². The number of methoxy groups -OCH3 is 1. The molecule has 0 aliphatic rings. The fraction of sp³-hybridized carbons (Fsp3) is 0.167. The summed E-state index contributed by atoms with van der Waals surface area (Å²) in [5.74, 6) is 0.645. The highest BCUT2D eigenvalue weighted by atomic mass is 32.1. The van der Waals surface area contributed by atoms with Crippen molar-refractivity contribution in [2.24, 2.45) is 0 Å². The van der Waals surface area contributed by atoms with Crippen LogP contribution in [-0.2, 0) is 6.54 Å². The monoisotopic (exact) mass is 312 g/mol. The second-order valence-corrected chi connectivity index (χ2v) is 5.98. The van der Waals surface area contributed by atoms with Crippen LogP contribution in [0.1, 0.15) is 17.5 Å². The van der Waals surface area contributed by atoms with Crippen LogP contribution in [-0.4, -0.2) is 12.2 Å². The first-order chi connectivity index (χ1) is 10.7. The van der Waals surface area contributed by atoms with Crippen molar-refractivity contribution in [2.75, 3.05) is 7.11 Å². The van der Waals surface area contributed by atoms with Gasteiger partial charge in [0.2, 0.25) is 5.52 Å². The number of hydrogen-bond donors (Lipinski definition) is 1. The number of rotatable bonds is 4. The van der Waals surface area contributed by atoms with Gasteiger partial charge >= 0.3 is 0 Å². The Morgan fingerprint density at radius 2 is 2.00 bits per heavy atom. The van der Waals surface area contributed by atoms with Crippen molar-refractivity contribution in [3.05, 3.63) is 53.0 Å². The van der Waals surface area contributed by atoms with Gasteiger partial charge in [0.25, 0.3) is 5.01 Å². The van der Waals surface area contributed by atoms with Crippen molar-refractivity contribution in [3.8, 4) is 11.5 Å². The molecule has 3 nitrogen and oxygen atoms in total. The fourth-order valence-corrected chi connectivity index (χ4v) is 3.60. The fourth-order valence-electron chi connectivity index (χ4n) is 2.47. The summed E-state index contributed by atoms with van der Waals surface area (Å²) in [6.07, 6.45) is 4.15. The number of aromatic nitrogens is 1. The molecule has 1 heterocycles. The number of fused-ring (bicyclic) bond motifs is 1. The molecule has 0 spiro atoms. The maximum absolute atomic E-state index is 9.65. The topological polar surface area (TPSA) is 33.3 Å². The highest BCUT2D eigenvalue weighted by molar-refractivity contribution is 7.18. The van der Waals surface area contributed by atoms with Gasteiger partial charge in [-0.2, -0.15) is 4.57 Å². The SMILES string of the molecule is CC[n+]1c(/C=C/c2ccc(O)c(OC)c2)sc2ccccc21. The molecule has 0 saturated carbocycles. The summed E-state index contributed by atoms with van der Waals surface area (Å²) in [5.41, 5.74) is 2.26. The molecule has 22 heavy (non-hydrogen) atoms. The van der Waals surface area contributed by atoms with Gasteiger partial charge < -0.3 is 9.84 Å². The molecule has 0 amide bonds. The number of phenols is 1. The molecule has 0 fully saturated rings. The van der Waals surface area contributed by atoms with Crippen LogP contribution in [0.25, 0.3) is 22.4 Å². The second kappa shape index (κ2) is 6.20. The Bertz CT molecular complexity index is 836. The summed E-state index contributed by atoms with van der Waals surface area (Å²) in [4.78, 5) is 0. The Balaban J connectivity index is 1.99. The molecule has 0 saturated heterocycles. The molecule has 3 rings (SSSR count). The van der Waals surface area contributed by atoms with Gasteiger partial charge in [0.1, 0.15) is 11.2 Å². The minimum Gasteiger partial charge on any atom is -0.504 e. The lowest BCUT2D eigenvalue weighted by Crippen LogP contribution is -2.33. The van der Waals surface area contributed by atoms with E-state index in [1.54, 1.807) is 24.5 Å². The van der Waals surface area contributed by atoms with Crippen molar-refractivity contribution in [1.29, 1.82) is 0 Å². The molecular formula is C18H18NO2S+. The number of hydrogen-bond acceptors (Lipinski definition) is 3. The zero-order chi connectivity index (χ0) is 15.5. The van der Waals surface area contributed by atoms with E-state index < -0.39 is 0 Å². The van der Waals surface area contributed by atoms with Crippen LogP contribution < -0.4 is 9.30 Å². The zero-order valence-corrected chi connectivity index (χ0v) is 13.4. The zero-order valence-electron chi connectivity index (χ0n) is 12.6. The number of nitrogens with zero attached hydrogens (tertiary/aromatic N) is 1. The largest absolute Gasteiger partial charge is 0.504 e. The molecular weight excluding hydrogens is 294 g/mol. The van der Waals surface area contributed by atoms with Crippen LogP contribution in [0.5, 0.6) is 11.5 Å². The predicted molar refractivity (Wildman–Crippen MR) is 91.3 cm³/mol. The number of benzene rings is 2. The van der Waals surface area contributed by atoms with Gasteiger partial charge in [-0.15, -0.1) is 0 Å². The van der Waals surface area contributed by atoms with Gasteiger partial charge in [-0.1, -0.05) is 29.5 Å². The smallest absolute Gasteiger partial charge is 0.262 e. The summed E-state index contributed by atoms with van der Waals surface area (Å²) in [6.45, 7) is 3.09. The molecule has 1 N–H and O–H groups in total. The Kier molecular flexibility index (Phi) is 4.11. The molecule has 2 aromatic carbocycles. The number of aryl methyl sites for hydroxylation is 1. The van der Waals surface area contributed by atoms with Crippen LogP contribution >= 0.6 is 11.3 Å². The number of para-hydroxylation sites is 1. The summed E-state index contributed by atoms with van der Waals surface area (Å²) < 4.78 is 8.73. The second-order valence-electron chi connectivity index (χ2n) is 4.92. The summed E-state index contributed by atoms with van der Waals surface area (Å²) >= 11 is 1.78. The Morgan fingerprint density at radius 1 is 1.18 bits per heavy atom. The average Bonchev–Trinajstić information content (AvgIpc) is 2.91. The standard InChI is InChI=1S/C18H17NO2S/c1-3-19-14-6-4-5-7-17(14)22-18(19)11-9-13-8-10-15(20)16(12-13)21-2/h4-12H,3H2,1-2H3/p+1. The van der Waals surface area contributed by atoms with Crippen LogP contribution in [0.2, 0.25) is 0 Å². The van der Waals surface area contributed by atoms with Crippen molar-refractivity contribution in [1.82, 2.24) is 0 Å². The average molecular weight is 312 g/mol. The predicted octanol–water partition coefficient (Wildman–Crippen LogP) is 4.09. The molecule has 112 valence electrons. The van der Waals surface area contributed by atoms with E-state index in [1.807, 2.05) is 18.2 Å². The van der Waals surface area contributed by atoms with E-state index in [0.29, 0.717) is 5.75 Å². The molecule has 4 heteroatoms. The third-order valence-electron chi connectivity index (χ3n) is 3.57. The molecule has 0 atom stereocenters. The number of aromatic hydroxyl groups is 1. The van der Waals surface area contributed by atoms with Crippen molar-refractivity contribution < 1.29 is 14.4 Å². The van der Waals surface area contributed by atoms with Gasteiger partial charge in [-0.25, -0.2) is 0 Å². The molecule has 1 aromatic heterocycles. The highest BCUT2D eigenvalue weighted by Gasteiger charge is 2.15. The van der Waals surface area contributed by atoms with E-state index in [2.05, 4.69) is 41.8 Å². The van der Waals surface area contributed by atoms with E-state index in [4.69, 9.17) is 4.74 Å². The minimum absolute atomic E-state index is 0.158. The van der Waals surface area contributed by atoms with Crippen LogP contribution in [0.4, 0.5) is 0 Å². The Morgan fingerprint density at radius 3 is 2.77 bits per heavy atom. The quantitative estimate of drug-likeness (QED) is 0.736. The molecule has 0 radical (unpaired) electrons. The Hall–Kier alpha value is -2.33. The van der Waals surface area contributed by atoms with Gasteiger partial charge in [0, 0.05) is 12.1 Å². The lowest BCUT2D eigenvalue weighted by atomic mass is 10.2. The van der Waals surface area contributed by atoms with E-state index in [0.717, 1.165) is 12.1 Å². The van der Waals surface area contributed by atoms with E-state index in [1.165, 1.54) is 15.2 Å². The number of ether oxygens (including phenoxy) is 1. The number of thiazole rings is 1. The van der Waals surface area contributed by atoms with Gasteiger partial charge in [-0.3, -0.25) is 0 Å². The third kappa shape index (κ3) is 2.70. The van der Waals surface area contributed by atoms with Crippen molar-refractivity contribution in [3.63, 3.8) is 0 Å². The van der Waals surface area contributed by atoms with Crippen molar-refractivity contribution in [2.45, 2.75) is 13.5 Å². The van der Waals surface area contributed by atoms with Crippen LogP contribution in [0.15, 0.2) is 42.5 Å². The normalized spacial score (nSPS) is 11.4. The minimum atomic E-state index is 0.158. The van der Waals surface area contributed by atoms with Crippen LogP contribution in [0.3, 0.4) is 0 Å². The molecule has 3 aromatic rings. The van der Waals surface area contributed by atoms with Gasteiger partial charge in [0.05, 0.1) is 7.11 Å². The molecule has 0 aliphatic heterocycles. The first-order valence-electron chi connectivity index (χ1n) is 7.19. The van der Waals surface area contributed by atoms with Crippen molar-refractivity contribution >= 4 is 33.7 Å². The molecule has 0 aliphatic carbocycles. The van der Waals surface area contributed by atoms with Gasteiger partial charge in [-0.05, 0) is 36.8 Å². The number of phenolic OH excluding ortho intramolecular Hbond substituents is 1. The lowest BCUT2D eigenvalue weighted by molar-refractivity contribution is -0.665.